The summed E-state index contributed by atoms with van der Waals surface area (Å²) in [6.45, 7) is 4.22. The fraction of sp³-hybridized carbons (Fsp3) is 0.692. The van der Waals surface area contributed by atoms with Crippen LogP contribution in [0, 0.1) is 0 Å². The van der Waals surface area contributed by atoms with E-state index in [4.69, 9.17) is 14.3 Å². The molecule has 0 aliphatic carbocycles. The van der Waals surface area contributed by atoms with Crippen LogP contribution in [0.5, 0.6) is 0 Å². The molecule has 2 saturated heterocycles. The van der Waals surface area contributed by atoms with Crippen molar-refractivity contribution in [1.29, 1.82) is 0 Å². The molecule has 3 rings (SSSR count). The SMILES string of the molecule is CN1O[C@@H](n2ccc(=O)[nH]c2=O)C[C@@H]1[C@H]1COC(C)(C)O1. The minimum absolute atomic E-state index is 0.0180. The molecular formula is C13H19N3O5. The normalized spacial score (nSPS) is 32.6. The van der Waals surface area contributed by atoms with Crippen LogP contribution in [0.3, 0.4) is 0 Å². The fourth-order valence-electron chi connectivity index (χ4n) is 2.78. The van der Waals surface area contributed by atoms with Crippen LogP contribution in [0.15, 0.2) is 21.9 Å². The lowest BCUT2D eigenvalue weighted by atomic mass is 10.1. The highest BCUT2D eigenvalue weighted by Gasteiger charge is 2.44. The van der Waals surface area contributed by atoms with Gasteiger partial charge >= 0.3 is 5.69 Å². The third kappa shape index (κ3) is 2.80. The summed E-state index contributed by atoms with van der Waals surface area (Å²) in [7, 11) is 1.80. The molecule has 2 aliphatic heterocycles. The van der Waals surface area contributed by atoms with E-state index >= 15 is 0 Å². The third-order valence-corrected chi connectivity index (χ3v) is 3.82. The number of likely N-dealkylation sites (N-methyl/N-ethyl adjacent to an activating group) is 1. The average molecular weight is 297 g/mol. The Labute approximate surface area is 121 Å². The van der Waals surface area contributed by atoms with E-state index < -0.39 is 23.3 Å². The highest BCUT2D eigenvalue weighted by Crippen LogP contribution is 2.34. The quantitative estimate of drug-likeness (QED) is 0.815. The van der Waals surface area contributed by atoms with Gasteiger partial charge in [-0.2, -0.15) is 5.06 Å². The molecule has 0 unspecified atom stereocenters. The fourth-order valence-corrected chi connectivity index (χ4v) is 2.78. The Bertz CT molecular complexity index is 637. The summed E-state index contributed by atoms with van der Waals surface area (Å²) in [6.07, 6.45) is 1.44. The second kappa shape index (κ2) is 5.06. The van der Waals surface area contributed by atoms with Gasteiger partial charge in [0.25, 0.3) is 5.56 Å². The van der Waals surface area contributed by atoms with Gasteiger partial charge in [-0.1, -0.05) is 0 Å². The van der Waals surface area contributed by atoms with Gasteiger partial charge in [0.1, 0.15) is 6.10 Å². The Morgan fingerprint density at radius 2 is 2.14 bits per heavy atom. The van der Waals surface area contributed by atoms with Crippen molar-refractivity contribution >= 4 is 0 Å². The van der Waals surface area contributed by atoms with Gasteiger partial charge in [-0.05, 0) is 13.8 Å². The van der Waals surface area contributed by atoms with E-state index in [1.165, 1.54) is 16.8 Å². The van der Waals surface area contributed by atoms with Gasteiger partial charge in [0.2, 0.25) is 0 Å². The maximum absolute atomic E-state index is 11.8. The Balaban J connectivity index is 1.77. The maximum atomic E-state index is 11.8. The smallest absolute Gasteiger partial charge is 0.330 e. The van der Waals surface area contributed by atoms with E-state index in [2.05, 4.69) is 4.98 Å². The molecule has 1 N–H and O–H groups in total. The van der Waals surface area contributed by atoms with Gasteiger partial charge in [-0.3, -0.25) is 19.2 Å². The molecule has 2 aliphatic rings. The van der Waals surface area contributed by atoms with Gasteiger partial charge < -0.3 is 9.47 Å². The number of rotatable bonds is 2. The molecule has 21 heavy (non-hydrogen) atoms. The molecule has 0 radical (unpaired) electrons. The van der Waals surface area contributed by atoms with Crippen molar-refractivity contribution < 1.29 is 14.3 Å². The van der Waals surface area contributed by atoms with Gasteiger partial charge in [-0.25, -0.2) is 4.79 Å². The van der Waals surface area contributed by atoms with Crippen LogP contribution in [0.1, 0.15) is 26.5 Å². The molecule has 2 fully saturated rings. The summed E-state index contributed by atoms with van der Waals surface area (Å²) >= 11 is 0. The molecule has 0 saturated carbocycles. The van der Waals surface area contributed by atoms with E-state index in [0.717, 1.165) is 0 Å². The Morgan fingerprint density at radius 1 is 1.38 bits per heavy atom. The third-order valence-electron chi connectivity index (χ3n) is 3.82. The van der Waals surface area contributed by atoms with Crippen molar-refractivity contribution in [2.24, 2.45) is 0 Å². The second-order valence-electron chi connectivity index (χ2n) is 5.79. The summed E-state index contributed by atoms with van der Waals surface area (Å²) in [5.74, 6) is -0.599. The molecule has 0 bridgehead atoms. The van der Waals surface area contributed by atoms with Crippen molar-refractivity contribution in [3.8, 4) is 0 Å². The molecule has 116 valence electrons. The van der Waals surface area contributed by atoms with E-state index in [-0.39, 0.29) is 12.1 Å². The lowest BCUT2D eigenvalue weighted by molar-refractivity contribution is -0.190. The molecule has 0 aromatic carbocycles. The number of aromatic amines is 1. The number of nitrogens with zero attached hydrogens (tertiary/aromatic N) is 2. The number of nitrogens with one attached hydrogen (secondary N) is 1. The van der Waals surface area contributed by atoms with Crippen molar-refractivity contribution in [2.45, 2.75) is 44.4 Å². The first-order valence-electron chi connectivity index (χ1n) is 6.88. The van der Waals surface area contributed by atoms with E-state index in [1.54, 1.807) is 12.1 Å². The Hall–Kier alpha value is -1.48. The predicted octanol–water partition coefficient (Wildman–Crippen LogP) is -0.178. The summed E-state index contributed by atoms with van der Waals surface area (Å²) in [4.78, 5) is 30.9. The first-order chi connectivity index (χ1) is 9.85. The standard InChI is InChI=1S/C13H19N3O5/c1-13(2)19-7-9(20-13)8-6-11(21-15(8)3)16-5-4-10(17)14-12(16)18/h4-5,8-9,11H,6-7H2,1-3H3,(H,14,17,18)/t8-,9-,11-/m1/s1. The zero-order valence-electron chi connectivity index (χ0n) is 12.2. The highest BCUT2D eigenvalue weighted by atomic mass is 16.8. The summed E-state index contributed by atoms with van der Waals surface area (Å²) in [6, 6.07) is 1.28. The van der Waals surface area contributed by atoms with Crippen LogP contribution >= 0.6 is 0 Å². The molecule has 3 heterocycles. The molecular weight excluding hydrogens is 278 g/mol. The Morgan fingerprint density at radius 3 is 2.76 bits per heavy atom. The number of hydrogen-bond acceptors (Lipinski definition) is 6. The number of H-pyrrole nitrogens is 1. The van der Waals surface area contributed by atoms with Crippen LogP contribution in [0.2, 0.25) is 0 Å². The summed E-state index contributed by atoms with van der Waals surface area (Å²) in [5, 5.41) is 1.69. The first-order valence-corrected chi connectivity index (χ1v) is 6.88. The maximum Gasteiger partial charge on any atom is 0.330 e. The van der Waals surface area contributed by atoms with Gasteiger partial charge in [0.05, 0.1) is 12.6 Å². The van der Waals surface area contributed by atoms with Crippen molar-refractivity contribution in [2.75, 3.05) is 13.7 Å². The van der Waals surface area contributed by atoms with Gasteiger partial charge in [-0.15, -0.1) is 0 Å². The molecule has 3 atom stereocenters. The summed E-state index contributed by atoms with van der Waals surface area (Å²) < 4.78 is 12.8. The number of hydrogen-bond donors (Lipinski definition) is 1. The molecule has 8 heteroatoms. The zero-order valence-corrected chi connectivity index (χ0v) is 12.2. The van der Waals surface area contributed by atoms with Crippen LogP contribution in [0.25, 0.3) is 0 Å². The van der Waals surface area contributed by atoms with E-state index in [1.807, 2.05) is 13.8 Å². The average Bonchev–Trinajstić information content (AvgIpc) is 2.92. The van der Waals surface area contributed by atoms with E-state index in [9.17, 15) is 9.59 Å². The first kappa shape index (κ1) is 14.5. The molecule has 0 spiro atoms. The number of ether oxygens (including phenoxy) is 2. The molecule has 1 aromatic rings. The minimum Gasteiger partial charge on any atom is -0.348 e. The summed E-state index contributed by atoms with van der Waals surface area (Å²) in [5.41, 5.74) is -0.904. The number of hydroxylamine groups is 2. The zero-order chi connectivity index (χ0) is 15.2. The van der Waals surface area contributed by atoms with Crippen LogP contribution in [-0.2, 0) is 14.3 Å². The van der Waals surface area contributed by atoms with Crippen LogP contribution < -0.4 is 11.2 Å². The largest absolute Gasteiger partial charge is 0.348 e. The molecule has 8 nitrogen and oxygen atoms in total. The van der Waals surface area contributed by atoms with E-state index in [0.29, 0.717) is 13.0 Å². The lowest BCUT2D eigenvalue weighted by Gasteiger charge is -2.23. The van der Waals surface area contributed by atoms with Crippen molar-refractivity contribution in [1.82, 2.24) is 14.6 Å². The van der Waals surface area contributed by atoms with Crippen LogP contribution in [-0.4, -0.2) is 46.2 Å². The van der Waals surface area contributed by atoms with Crippen molar-refractivity contribution in [3.05, 3.63) is 33.1 Å². The predicted molar refractivity (Wildman–Crippen MR) is 72.5 cm³/mol. The monoisotopic (exact) mass is 297 g/mol. The molecule has 1 aromatic heterocycles. The van der Waals surface area contributed by atoms with Crippen molar-refractivity contribution in [3.63, 3.8) is 0 Å². The lowest BCUT2D eigenvalue weighted by Crippen LogP contribution is -2.38. The topological polar surface area (TPSA) is 85.8 Å². The van der Waals surface area contributed by atoms with Gasteiger partial charge in [0, 0.05) is 25.7 Å². The second-order valence-corrected chi connectivity index (χ2v) is 5.79. The Kier molecular flexibility index (Phi) is 3.48. The molecule has 0 amide bonds. The van der Waals surface area contributed by atoms with Crippen LogP contribution in [0.4, 0.5) is 0 Å². The number of aromatic nitrogens is 2. The van der Waals surface area contributed by atoms with Gasteiger partial charge in [0.15, 0.2) is 12.0 Å². The minimum atomic E-state index is -0.599. The highest BCUT2D eigenvalue weighted by molar-refractivity contribution is 4.90.